The molecule has 5 nitrogen and oxygen atoms in total. The number of nitriles is 1. The summed E-state index contributed by atoms with van der Waals surface area (Å²) in [6.07, 6.45) is -5.22. The van der Waals surface area contributed by atoms with Crippen LogP contribution in [0.25, 0.3) is 0 Å². The third-order valence-electron chi connectivity index (χ3n) is 2.41. The highest BCUT2D eigenvalue weighted by molar-refractivity contribution is 5.74. The van der Waals surface area contributed by atoms with Crippen LogP contribution in [0.1, 0.15) is 16.7 Å². The maximum atomic E-state index is 12.3. The Kier molecular flexibility index (Phi) is 4.94. The zero-order valence-corrected chi connectivity index (χ0v) is 10.5. The van der Waals surface area contributed by atoms with Gasteiger partial charge in [0, 0.05) is 12.1 Å². The van der Waals surface area contributed by atoms with Crippen LogP contribution >= 0.6 is 0 Å². The summed E-state index contributed by atoms with van der Waals surface area (Å²) in [7, 11) is 1.13. The van der Waals surface area contributed by atoms with Crippen LogP contribution in [0.5, 0.6) is 5.75 Å². The number of ether oxygens (including phenoxy) is 2. The highest BCUT2D eigenvalue weighted by Gasteiger charge is 2.32. The number of esters is 1. The van der Waals surface area contributed by atoms with Gasteiger partial charge in [0.15, 0.2) is 0 Å². The van der Waals surface area contributed by atoms with Gasteiger partial charge in [-0.15, -0.1) is 13.2 Å². The van der Waals surface area contributed by atoms with Crippen LogP contribution in [0.3, 0.4) is 0 Å². The van der Waals surface area contributed by atoms with E-state index in [1.807, 2.05) is 0 Å². The first-order valence-corrected chi connectivity index (χ1v) is 5.39. The SMILES string of the molecule is COC(=O)Cc1cc(OC(F)(F)F)c(CN)cc1C#N. The number of methoxy groups -OCH3 is 1. The van der Waals surface area contributed by atoms with E-state index in [0.29, 0.717) is 0 Å². The molecule has 1 aromatic rings. The summed E-state index contributed by atoms with van der Waals surface area (Å²) >= 11 is 0. The topological polar surface area (TPSA) is 85.3 Å². The molecule has 8 heteroatoms. The lowest BCUT2D eigenvalue weighted by Gasteiger charge is -2.14. The van der Waals surface area contributed by atoms with Crippen molar-refractivity contribution in [3.8, 4) is 11.8 Å². The van der Waals surface area contributed by atoms with Gasteiger partial charge in [0.2, 0.25) is 0 Å². The van der Waals surface area contributed by atoms with Crippen molar-refractivity contribution in [1.82, 2.24) is 0 Å². The van der Waals surface area contributed by atoms with Gasteiger partial charge in [0.25, 0.3) is 0 Å². The van der Waals surface area contributed by atoms with Gasteiger partial charge in [-0.05, 0) is 17.7 Å². The number of hydrogen-bond acceptors (Lipinski definition) is 5. The molecule has 0 aliphatic heterocycles. The Morgan fingerprint density at radius 3 is 2.50 bits per heavy atom. The molecule has 0 aliphatic carbocycles. The summed E-state index contributed by atoms with van der Waals surface area (Å²) in [5.41, 5.74) is 5.47. The molecule has 0 amide bonds. The number of rotatable bonds is 4. The molecular weight excluding hydrogens is 277 g/mol. The van der Waals surface area contributed by atoms with Crippen molar-refractivity contribution in [2.75, 3.05) is 7.11 Å². The van der Waals surface area contributed by atoms with Crippen molar-refractivity contribution in [3.63, 3.8) is 0 Å². The van der Waals surface area contributed by atoms with Crippen LogP contribution in [0.15, 0.2) is 12.1 Å². The Bertz CT molecular complexity index is 550. The fraction of sp³-hybridized carbons (Fsp3) is 0.333. The summed E-state index contributed by atoms with van der Waals surface area (Å²) in [6, 6.07) is 3.93. The first-order valence-electron chi connectivity index (χ1n) is 5.39. The number of hydrogen-bond donors (Lipinski definition) is 1. The Hall–Kier alpha value is -2.27. The third kappa shape index (κ3) is 4.13. The average Bonchev–Trinajstić information content (AvgIpc) is 2.37. The number of alkyl halides is 3. The largest absolute Gasteiger partial charge is 0.573 e. The van der Waals surface area contributed by atoms with Gasteiger partial charge < -0.3 is 15.2 Å². The van der Waals surface area contributed by atoms with Crippen LogP contribution in [0.2, 0.25) is 0 Å². The molecule has 0 saturated carbocycles. The number of carbonyl (C=O) groups is 1. The molecule has 1 rings (SSSR count). The van der Waals surface area contributed by atoms with Crippen LogP contribution in [-0.4, -0.2) is 19.4 Å². The van der Waals surface area contributed by atoms with Gasteiger partial charge in [0.1, 0.15) is 5.75 Å². The normalized spacial score (nSPS) is 10.8. The fourth-order valence-electron chi connectivity index (χ4n) is 1.52. The van der Waals surface area contributed by atoms with Crippen LogP contribution < -0.4 is 10.5 Å². The second-order valence-electron chi connectivity index (χ2n) is 3.73. The van der Waals surface area contributed by atoms with E-state index in [2.05, 4.69) is 9.47 Å². The summed E-state index contributed by atoms with van der Waals surface area (Å²) in [4.78, 5) is 11.2. The molecule has 0 atom stereocenters. The number of carbonyl (C=O) groups excluding carboxylic acids is 1. The molecule has 0 fully saturated rings. The summed E-state index contributed by atoms with van der Waals surface area (Å²) < 4.78 is 45.1. The quantitative estimate of drug-likeness (QED) is 0.851. The van der Waals surface area contributed by atoms with E-state index >= 15 is 0 Å². The second kappa shape index (κ2) is 6.25. The van der Waals surface area contributed by atoms with Crippen molar-refractivity contribution in [3.05, 3.63) is 28.8 Å². The molecule has 0 aromatic heterocycles. The molecule has 2 N–H and O–H groups in total. The molecule has 0 heterocycles. The highest BCUT2D eigenvalue weighted by Crippen LogP contribution is 2.29. The molecule has 0 unspecified atom stereocenters. The van der Waals surface area contributed by atoms with E-state index < -0.39 is 18.1 Å². The van der Waals surface area contributed by atoms with E-state index in [4.69, 9.17) is 11.0 Å². The Labute approximate surface area is 112 Å². The molecule has 0 spiro atoms. The van der Waals surface area contributed by atoms with Gasteiger partial charge >= 0.3 is 12.3 Å². The second-order valence-corrected chi connectivity index (χ2v) is 3.73. The fourth-order valence-corrected chi connectivity index (χ4v) is 1.52. The Balaban J connectivity index is 3.26. The van der Waals surface area contributed by atoms with Crippen LogP contribution in [-0.2, 0) is 22.5 Å². The first kappa shape index (κ1) is 15.8. The van der Waals surface area contributed by atoms with Crippen molar-refractivity contribution in [2.45, 2.75) is 19.3 Å². The predicted molar refractivity (Wildman–Crippen MR) is 61.5 cm³/mol. The summed E-state index contributed by atoms with van der Waals surface area (Å²) in [6.45, 7) is -0.238. The number of benzene rings is 1. The molecule has 0 bridgehead atoms. The van der Waals surface area contributed by atoms with Gasteiger partial charge in [-0.2, -0.15) is 5.26 Å². The smallest absolute Gasteiger partial charge is 0.469 e. The van der Waals surface area contributed by atoms with E-state index in [0.717, 1.165) is 13.2 Å². The van der Waals surface area contributed by atoms with Gasteiger partial charge in [-0.3, -0.25) is 4.79 Å². The monoisotopic (exact) mass is 288 g/mol. The van der Waals surface area contributed by atoms with E-state index in [1.54, 1.807) is 6.07 Å². The Morgan fingerprint density at radius 1 is 1.40 bits per heavy atom. The molecule has 1 aromatic carbocycles. The minimum atomic E-state index is -4.89. The van der Waals surface area contributed by atoms with Gasteiger partial charge in [0.05, 0.1) is 25.2 Å². The van der Waals surface area contributed by atoms with Crippen LogP contribution in [0.4, 0.5) is 13.2 Å². The first-order chi connectivity index (χ1) is 9.30. The van der Waals surface area contributed by atoms with Crippen molar-refractivity contribution in [2.24, 2.45) is 5.73 Å². The molecule has 20 heavy (non-hydrogen) atoms. The third-order valence-corrected chi connectivity index (χ3v) is 2.41. The standard InChI is InChI=1S/C12H11F3N2O3/c1-19-11(18)4-7-3-10(20-12(13,14)15)9(6-17)2-8(7)5-16/h2-3H,4,6,17H2,1H3. The number of nitrogens with zero attached hydrogens (tertiary/aromatic N) is 1. The Morgan fingerprint density at radius 2 is 2.05 bits per heavy atom. The van der Waals surface area contributed by atoms with E-state index in [1.165, 1.54) is 6.07 Å². The van der Waals surface area contributed by atoms with E-state index in [9.17, 15) is 18.0 Å². The van der Waals surface area contributed by atoms with Crippen LogP contribution in [0, 0.1) is 11.3 Å². The minimum absolute atomic E-state index is 0.0208. The van der Waals surface area contributed by atoms with E-state index in [-0.39, 0.29) is 29.7 Å². The maximum Gasteiger partial charge on any atom is 0.573 e. The molecule has 0 saturated heterocycles. The molecule has 0 aliphatic rings. The minimum Gasteiger partial charge on any atom is -0.469 e. The van der Waals surface area contributed by atoms with Crippen molar-refractivity contribution in [1.29, 1.82) is 5.26 Å². The highest BCUT2D eigenvalue weighted by atomic mass is 19.4. The average molecular weight is 288 g/mol. The maximum absolute atomic E-state index is 12.3. The summed E-state index contributed by atoms with van der Waals surface area (Å²) in [5, 5.41) is 8.94. The van der Waals surface area contributed by atoms with Crippen molar-refractivity contribution < 1.29 is 27.4 Å². The number of nitrogens with two attached hydrogens (primary N) is 1. The molecular formula is C12H11F3N2O3. The van der Waals surface area contributed by atoms with Gasteiger partial charge in [-0.25, -0.2) is 0 Å². The zero-order chi connectivity index (χ0) is 15.3. The van der Waals surface area contributed by atoms with Crippen molar-refractivity contribution >= 4 is 5.97 Å². The lowest BCUT2D eigenvalue weighted by molar-refractivity contribution is -0.274. The zero-order valence-electron chi connectivity index (χ0n) is 10.5. The summed E-state index contributed by atoms with van der Waals surface area (Å²) in [5.74, 6) is -1.21. The molecule has 0 radical (unpaired) electrons. The molecule has 108 valence electrons. The lowest BCUT2D eigenvalue weighted by atomic mass is 10.0. The van der Waals surface area contributed by atoms with Gasteiger partial charge in [-0.1, -0.05) is 0 Å². The predicted octanol–water partition coefficient (Wildman–Crippen LogP) is 1.63. The number of halogens is 3. The lowest BCUT2D eigenvalue weighted by Crippen LogP contribution is -2.19.